The topological polar surface area (TPSA) is 80.2 Å². The number of hydrogen-bond acceptors (Lipinski definition) is 7. The van der Waals surface area contributed by atoms with Gasteiger partial charge in [-0.2, -0.15) is 0 Å². The summed E-state index contributed by atoms with van der Waals surface area (Å²) in [6.07, 6.45) is 1.89. The molecule has 164 valence electrons. The first-order valence-corrected chi connectivity index (χ1v) is 10.9. The number of aromatic nitrogens is 1. The van der Waals surface area contributed by atoms with Gasteiger partial charge in [0.05, 0.1) is 40.0 Å². The lowest BCUT2D eigenvalue weighted by molar-refractivity contribution is 0.0169. The van der Waals surface area contributed by atoms with Crippen LogP contribution in [0.5, 0.6) is 11.5 Å². The molecule has 8 nitrogen and oxygen atoms in total. The highest BCUT2D eigenvalue weighted by atomic mass is 32.1. The Hall–Kier alpha value is -2.36. The van der Waals surface area contributed by atoms with Gasteiger partial charge in [0.25, 0.3) is 0 Å². The quantitative estimate of drug-likeness (QED) is 0.488. The number of hydrogen-bond donors (Lipinski definition) is 2. The molecule has 1 aromatic heterocycles. The van der Waals surface area contributed by atoms with Crippen molar-refractivity contribution in [2.24, 2.45) is 4.99 Å². The van der Waals surface area contributed by atoms with Crippen LogP contribution in [-0.2, 0) is 11.3 Å². The largest absolute Gasteiger partial charge is 0.493 e. The van der Waals surface area contributed by atoms with Crippen molar-refractivity contribution in [3.8, 4) is 11.5 Å². The zero-order valence-electron chi connectivity index (χ0n) is 18.1. The van der Waals surface area contributed by atoms with Crippen molar-refractivity contribution in [2.45, 2.75) is 19.5 Å². The van der Waals surface area contributed by atoms with Crippen LogP contribution in [0.3, 0.4) is 0 Å². The second-order valence-electron chi connectivity index (χ2n) is 6.95. The number of morpholine rings is 1. The molecule has 1 aliphatic heterocycles. The molecule has 0 amide bonds. The average Bonchev–Trinajstić information content (AvgIpc) is 3.21. The highest BCUT2D eigenvalue weighted by Gasteiger charge is 2.24. The summed E-state index contributed by atoms with van der Waals surface area (Å²) in [6.45, 7) is 6.64. The van der Waals surface area contributed by atoms with Gasteiger partial charge in [0.2, 0.25) is 0 Å². The number of methoxy groups -OCH3 is 2. The van der Waals surface area contributed by atoms with E-state index < -0.39 is 0 Å². The number of nitrogens with zero attached hydrogens (tertiary/aromatic N) is 3. The minimum atomic E-state index is 0.148. The number of thiazole rings is 1. The van der Waals surface area contributed by atoms with Gasteiger partial charge < -0.3 is 24.8 Å². The third-order valence-electron chi connectivity index (χ3n) is 5.04. The van der Waals surface area contributed by atoms with E-state index in [0.29, 0.717) is 13.1 Å². The molecule has 3 rings (SSSR count). The van der Waals surface area contributed by atoms with Crippen molar-refractivity contribution in [3.63, 3.8) is 0 Å². The summed E-state index contributed by atoms with van der Waals surface area (Å²) in [4.78, 5) is 12.4. The first kappa shape index (κ1) is 22.3. The Balaban J connectivity index is 1.70. The van der Waals surface area contributed by atoms with Crippen molar-refractivity contribution >= 4 is 17.3 Å². The Morgan fingerprint density at radius 1 is 1.23 bits per heavy atom. The number of ether oxygens (including phenoxy) is 3. The maximum atomic E-state index is 5.55. The van der Waals surface area contributed by atoms with Crippen LogP contribution in [0.25, 0.3) is 0 Å². The fraction of sp³-hybridized carbons (Fsp3) is 0.524. The molecule has 0 saturated carbocycles. The summed E-state index contributed by atoms with van der Waals surface area (Å²) in [5.74, 6) is 2.21. The Morgan fingerprint density at radius 3 is 2.63 bits per heavy atom. The molecule has 1 fully saturated rings. The zero-order chi connectivity index (χ0) is 21.3. The number of aliphatic imine (C=N–C) groups is 1. The highest BCUT2D eigenvalue weighted by Crippen LogP contribution is 2.32. The van der Waals surface area contributed by atoms with E-state index in [0.717, 1.165) is 54.3 Å². The predicted octanol–water partition coefficient (Wildman–Crippen LogP) is 2.21. The summed E-state index contributed by atoms with van der Waals surface area (Å²) >= 11 is 1.69. The standard InChI is InChI=1S/C21H31N5O3S/c1-15-12-23-20(30-15)14-25-21(22-2)24-13-17(26-7-9-29-10-8-26)16-5-6-18(27-3)19(11-16)28-4/h5-6,11-12,17H,7-10,13-14H2,1-4H3,(H2,22,24,25). The summed E-state index contributed by atoms with van der Waals surface area (Å²) < 4.78 is 16.5. The Bertz CT molecular complexity index is 836. The Morgan fingerprint density at radius 2 is 2.00 bits per heavy atom. The lowest BCUT2D eigenvalue weighted by Crippen LogP contribution is -2.46. The van der Waals surface area contributed by atoms with Crippen molar-refractivity contribution in [3.05, 3.63) is 39.8 Å². The lowest BCUT2D eigenvalue weighted by atomic mass is 10.0. The third-order valence-corrected chi connectivity index (χ3v) is 5.95. The van der Waals surface area contributed by atoms with Gasteiger partial charge in [0.1, 0.15) is 5.01 Å². The van der Waals surface area contributed by atoms with Crippen molar-refractivity contribution in [1.82, 2.24) is 20.5 Å². The summed E-state index contributed by atoms with van der Waals surface area (Å²) in [7, 11) is 5.09. The predicted molar refractivity (Wildman–Crippen MR) is 120 cm³/mol. The molecule has 1 aliphatic rings. The Labute approximate surface area is 182 Å². The van der Waals surface area contributed by atoms with Crippen LogP contribution in [0.1, 0.15) is 21.5 Å². The molecular formula is C21H31N5O3S. The van der Waals surface area contributed by atoms with Gasteiger partial charge >= 0.3 is 0 Å². The first-order chi connectivity index (χ1) is 14.6. The number of aryl methyl sites for hydroxylation is 1. The van der Waals surface area contributed by atoms with Crippen LogP contribution in [0.4, 0.5) is 0 Å². The van der Waals surface area contributed by atoms with Crippen molar-refractivity contribution < 1.29 is 14.2 Å². The van der Waals surface area contributed by atoms with Gasteiger partial charge in [0.15, 0.2) is 17.5 Å². The monoisotopic (exact) mass is 433 g/mol. The zero-order valence-corrected chi connectivity index (χ0v) is 18.9. The third kappa shape index (κ3) is 5.84. The molecule has 2 heterocycles. The molecule has 1 aromatic carbocycles. The van der Waals surface area contributed by atoms with E-state index >= 15 is 0 Å². The van der Waals surface area contributed by atoms with Gasteiger partial charge in [-0.3, -0.25) is 9.89 Å². The molecular weight excluding hydrogens is 402 g/mol. The van der Waals surface area contributed by atoms with Crippen LogP contribution < -0.4 is 20.1 Å². The van der Waals surface area contributed by atoms with E-state index in [4.69, 9.17) is 14.2 Å². The fourth-order valence-corrected chi connectivity index (χ4v) is 4.19. The smallest absolute Gasteiger partial charge is 0.191 e. The van der Waals surface area contributed by atoms with E-state index in [-0.39, 0.29) is 6.04 Å². The normalized spacial score (nSPS) is 16.2. The molecule has 0 spiro atoms. The number of benzene rings is 1. The highest BCUT2D eigenvalue weighted by molar-refractivity contribution is 7.11. The van der Waals surface area contributed by atoms with Crippen LogP contribution in [-0.4, -0.2) is 70.0 Å². The fourth-order valence-electron chi connectivity index (χ4n) is 3.46. The Kier molecular flexibility index (Phi) is 8.30. The summed E-state index contributed by atoms with van der Waals surface area (Å²) in [5.41, 5.74) is 1.16. The second kappa shape index (κ2) is 11.1. The summed E-state index contributed by atoms with van der Waals surface area (Å²) in [5, 5.41) is 7.86. The maximum Gasteiger partial charge on any atom is 0.191 e. The SMILES string of the molecule is CN=C(NCc1ncc(C)s1)NCC(c1ccc(OC)c(OC)c1)N1CCOCC1. The van der Waals surface area contributed by atoms with Crippen LogP contribution in [0.2, 0.25) is 0 Å². The van der Waals surface area contributed by atoms with Gasteiger partial charge in [-0.15, -0.1) is 11.3 Å². The van der Waals surface area contributed by atoms with Gasteiger partial charge in [0, 0.05) is 37.8 Å². The van der Waals surface area contributed by atoms with Gasteiger partial charge in [-0.1, -0.05) is 6.07 Å². The minimum absolute atomic E-state index is 0.148. The molecule has 9 heteroatoms. The number of guanidine groups is 1. The van der Waals surface area contributed by atoms with Crippen LogP contribution in [0.15, 0.2) is 29.4 Å². The van der Waals surface area contributed by atoms with Crippen molar-refractivity contribution in [1.29, 1.82) is 0 Å². The molecule has 1 saturated heterocycles. The van der Waals surface area contributed by atoms with E-state index in [2.05, 4.69) is 44.6 Å². The van der Waals surface area contributed by atoms with Gasteiger partial charge in [-0.25, -0.2) is 4.98 Å². The molecule has 2 N–H and O–H groups in total. The number of nitrogens with one attached hydrogen (secondary N) is 2. The maximum absolute atomic E-state index is 5.55. The van der Waals surface area contributed by atoms with Crippen molar-refractivity contribution in [2.75, 3.05) is 54.1 Å². The van der Waals surface area contributed by atoms with Gasteiger partial charge in [-0.05, 0) is 24.6 Å². The molecule has 30 heavy (non-hydrogen) atoms. The molecule has 0 aliphatic carbocycles. The van der Waals surface area contributed by atoms with E-state index in [1.165, 1.54) is 4.88 Å². The minimum Gasteiger partial charge on any atom is -0.493 e. The molecule has 2 aromatic rings. The average molecular weight is 434 g/mol. The molecule has 1 atom stereocenters. The molecule has 0 bridgehead atoms. The molecule has 1 unspecified atom stereocenters. The number of rotatable bonds is 8. The van der Waals surface area contributed by atoms with E-state index in [9.17, 15) is 0 Å². The van der Waals surface area contributed by atoms with Crippen LogP contribution >= 0.6 is 11.3 Å². The summed E-state index contributed by atoms with van der Waals surface area (Å²) in [6, 6.07) is 6.25. The molecule has 0 radical (unpaired) electrons. The van der Waals surface area contributed by atoms with E-state index in [1.54, 1.807) is 32.6 Å². The lowest BCUT2D eigenvalue weighted by Gasteiger charge is -2.35. The van der Waals surface area contributed by atoms with Crippen LogP contribution in [0, 0.1) is 6.92 Å². The second-order valence-corrected chi connectivity index (χ2v) is 8.27. The first-order valence-electron chi connectivity index (χ1n) is 10.0. The van der Waals surface area contributed by atoms with E-state index in [1.807, 2.05) is 12.3 Å².